The summed E-state index contributed by atoms with van der Waals surface area (Å²) in [6.07, 6.45) is 4.44. The number of nitrogens with zero attached hydrogens (tertiary/aromatic N) is 2. The van der Waals surface area contributed by atoms with Gasteiger partial charge in [-0.2, -0.15) is 0 Å². The molecule has 18 heavy (non-hydrogen) atoms. The summed E-state index contributed by atoms with van der Waals surface area (Å²) in [6, 6.07) is 0.143. The lowest BCUT2D eigenvalue weighted by atomic mass is 9.85. The molecule has 1 aromatic heterocycles. The highest BCUT2D eigenvalue weighted by Crippen LogP contribution is 2.26. The molecule has 1 aromatic rings. The number of amides is 1. The van der Waals surface area contributed by atoms with Crippen molar-refractivity contribution >= 4 is 11.7 Å². The molecule has 1 saturated carbocycles. The van der Waals surface area contributed by atoms with Gasteiger partial charge in [0.15, 0.2) is 11.6 Å². The molecule has 3 N–H and O–H groups in total. The standard InChI is InChI=1S/C12H17FN4O/c1-7-10(13)12(16-6-15-7)17-9-4-2-8(3-5-9)11(14)18/h6,8-9H,2-5H2,1H3,(H2,14,18)(H,15,16,17). The molecule has 1 amide bonds. The number of hydrogen-bond donors (Lipinski definition) is 2. The third-order valence-corrected chi connectivity index (χ3v) is 3.43. The number of nitrogens with one attached hydrogen (secondary N) is 1. The van der Waals surface area contributed by atoms with Crippen LogP contribution < -0.4 is 11.1 Å². The predicted octanol–water partition coefficient (Wildman–Crippen LogP) is 1.38. The molecule has 98 valence electrons. The zero-order chi connectivity index (χ0) is 13.1. The second-order valence-electron chi connectivity index (χ2n) is 4.72. The highest BCUT2D eigenvalue weighted by Gasteiger charge is 2.25. The molecular formula is C12H17FN4O. The first-order valence-corrected chi connectivity index (χ1v) is 6.11. The maximum Gasteiger partial charge on any atom is 0.220 e. The minimum Gasteiger partial charge on any atom is -0.369 e. The summed E-state index contributed by atoms with van der Waals surface area (Å²) in [6.45, 7) is 1.60. The van der Waals surface area contributed by atoms with E-state index in [4.69, 9.17) is 5.73 Å². The Morgan fingerprint density at radius 1 is 1.39 bits per heavy atom. The van der Waals surface area contributed by atoms with Gasteiger partial charge in [0.2, 0.25) is 5.91 Å². The van der Waals surface area contributed by atoms with E-state index in [-0.39, 0.29) is 23.7 Å². The fourth-order valence-corrected chi connectivity index (χ4v) is 2.27. The van der Waals surface area contributed by atoms with E-state index in [0.717, 1.165) is 25.7 Å². The third-order valence-electron chi connectivity index (χ3n) is 3.43. The fraction of sp³-hybridized carbons (Fsp3) is 0.583. The van der Waals surface area contributed by atoms with Crippen molar-refractivity contribution in [3.05, 3.63) is 17.8 Å². The molecule has 0 saturated heterocycles. The Morgan fingerprint density at radius 3 is 2.67 bits per heavy atom. The number of carbonyl (C=O) groups is 1. The second-order valence-corrected chi connectivity index (χ2v) is 4.72. The number of aromatic nitrogens is 2. The van der Waals surface area contributed by atoms with Crippen molar-refractivity contribution in [2.45, 2.75) is 38.6 Å². The first-order chi connectivity index (χ1) is 8.58. The van der Waals surface area contributed by atoms with Gasteiger partial charge in [-0.25, -0.2) is 14.4 Å². The van der Waals surface area contributed by atoms with Crippen molar-refractivity contribution in [2.75, 3.05) is 5.32 Å². The van der Waals surface area contributed by atoms with Gasteiger partial charge in [-0.15, -0.1) is 0 Å². The lowest BCUT2D eigenvalue weighted by Crippen LogP contribution is -2.32. The van der Waals surface area contributed by atoms with Gasteiger partial charge in [0.25, 0.3) is 0 Å². The Hall–Kier alpha value is -1.72. The number of nitrogens with two attached hydrogens (primary N) is 1. The van der Waals surface area contributed by atoms with Gasteiger partial charge < -0.3 is 11.1 Å². The molecule has 0 atom stereocenters. The third kappa shape index (κ3) is 2.75. The van der Waals surface area contributed by atoms with Crippen LogP contribution in [0.5, 0.6) is 0 Å². The van der Waals surface area contributed by atoms with Crippen LogP contribution in [0.1, 0.15) is 31.4 Å². The average Bonchev–Trinajstić information content (AvgIpc) is 2.36. The van der Waals surface area contributed by atoms with Crippen molar-refractivity contribution in [1.82, 2.24) is 9.97 Å². The van der Waals surface area contributed by atoms with Crippen LogP contribution in [0.3, 0.4) is 0 Å². The summed E-state index contributed by atoms with van der Waals surface area (Å²) in [5, 5.41) is 3.07. The number of hydrogen-bond acceptors (Lipinski definition) is 4. The summed E-state index contributed by atoms with van der Waals surface area (Å²) in [7, 11) is 0. The SMILES string of the molecule is Cc1ncnc(NC2CCC(C(N)=O)CC2)c1F. The molecule has 0 bridgehead atoms. The summed E-state index contributed by atoms with van der Waals surface area (Å²) < 4.78 is 13.7. The van der Waals surface area contributed by atoms with E-state index >= 15 is 0 Å². The van der Waals surface area contributed by atoms with Crippen LogP contribution >= 0.6 is 0 Å². The van der Waals surface area contributed by atoms with Gasteiger partial charge in [0.1, 0.15) is 6.33 Å². The number of carbonyl (C=O) groups excluding carboxylic acids is 1. The van der Waals surface area contributed by atoms with E-state index in [0.29, 0.717) is 5.69 Å². The van der Waals surface area contributed by atoms with Crippen LogP contribution in [0.2, 0.25) is 0 Å². The molecule has 1 aliphatic carbocycles. The molecule has 0 unspecified atom stereocenters. The zero-order valence-corrected chi connectivity index (χ0v) is 10.3. The number of primary amides is 1. The molecule has 0 radical (unpaired) electrons. The lowest BCUT2D eigenvalue weighted by Gasteiger charge is -2.27. The monoisotopic (exact) mass is 252 g/mol. The largest absolute Gasteiger partial charge is 0.369 e. The molecule has 1 aliphatic rings. The normalized spacial score (nSPS) is 23.7. The molecule has 6 heteroatoms. The second kappa shape index (κ2) is 5.29. The van der Waals surface area contributed by atoms with Crippen molar-refractivity contribution in [1.29, 1.82) is 0 Å². The molecular weight excluding hydrogens is 235 g/mol. The molecule has 5 nitrogen and oxygen atoms in total. The topological polar surface area (TPSA) is 80.9 Å². The van der Waals surface area contributed by atoms with Gasteiger partial charge in [-0.3, -0.25) is 4.79 Å². The maximum atomic E-state index is 13.7. The predicted molar refractivity (Wildman–Crippen MR) is 65.3 cm³/mol. The number of anilines is 1. The number of aryl methyl sites for hydroxylation is 1. The van der Waals surface area contributed by atoms with E-state index in [9.17, 15) is 9.18 Å². The van der Waals surface area contributed by atoms with Crippen LogP contribution in [0.15, 0.2) is 6.33 Å². The molecule has 0 aromatic carbocycles. The Morgan fingerprint density at radius 2 is 2.06 bits per heavy atom. The van der Waals surface area contributed by atoms with Crippen molar-refractivity contribution in [2.24, 2.45) is 11.7 Å². The Kier molecular flexibility index (Phi) is 3.74. The first-order valence-electron chi connectivity index (χ1n) is 6.11. The van der Waals surface area contributed by atoms with Crippen LogP contribution in [0.25, 0.3) is 0 Å². The molecule has 1 heterocycles. The van der Waals surface area contributed by atoms with Crippen LogP contribution in [0.4, 0.5) is 10.2 Å². The summed E-state index contributed by atoms with van der Waals surface area (Å²) >= 11 is 0. The quantitative estimate of drug-likeness (QED) is 0.851. The first kappa shape index (κ1) is 12.7. The molecule has 0 spiro atoms. The van der Waals surface area contributed by atoms with E-state index in [1.807, 2.05) is 0 Å². The lowest BCUT2D eigenvalue weighted by molar-refractivity contribution is -0.122. The Balaban J connectivity index is 1.96. The zero-order valence-electron chi connectivity index (χ0n) is 10.3. The van der Waals surface area contributed by atoms with Gasteiger partial charge in [0, 0.05) is 12.0 Å². The number of rotatable bonds is 3. The maximum absolute atomic E-state index is 13.7. The minimum absolute atomic E-state index is 0.0416. The van der Waals surface area contributed by atoms with Gasteiger partial charge >= 0.3 is 0 Å². The fourth-order valence-electron chi connectivity index (χ4n) is 2.27. The van der Waals surface area contributed by atoms with Crippen molar-refractivity contribution in [3.63, 3.8) is 0 Å². The molecule has 2 rings (SSSR count). The van der Waals surface area contributed by atoms with Crippen LogP contribution in [-0.2, 0) is 4.79 Å². The summed E-state index contributed by atoms with van der Waals surface area (Å²) in [4.78, 5) is 18.7. The van der Waals surface area contributed by atoms with Crippen molar-refractivity contribution < 1.29 is 9.18 Å². The molecule has 1 fully saturated rings. The average molecular weight is 252 g/mol. The smallest absolute Gasteiger partial charge is 0.220 e. The van der Waals surface area contributed by atoms with Gasteiger partial charge in [-0.05, 0) is 32.6 Å². The highest BCUT2D eigenvalue weighted by atomic mass is 19.1. The Labute approximate surface area is 105 Å². The van der Waals surface area contributed by atoms with E-state index in [1.54, 1.807) is 6.92 Å². The van der Waals surface area contributed by atoms with Gasteiger partial charge in [-0.1, -0.05) is 0 Å². The van der Waals surface area contributed by atoms with Crippen molar-refractivity contribution in [3.8, 4) is 0 Å². The van der Waals surface area contributed by atoms with Crippen LogP contribution in [-0.4, -0.2) is 21.9 Å². The minimum atomic E-state index is -0.408. The summed E-state index contributed by atoms with van der Waals surface area (Å²) in [5.41, 5.74) is 5.60. The van der Waals surface area contributed by atoms with E-state index < -0.39 is 5.82 Å². The van der Waals surface area contributed by atoms with E-state index in [2.05, 4.69) is 15.3 Å². The summed E-state index contributed by atoms with van der Waals surface area (Å²) in [5.74, 6) is -0.447. The Bertz CT molecular complexity index is 444. The highest BCUT2D eigenvalue weighted by molar-refractivity contribution is 5.76. The molecule has 0 aliphatic heterocycles. The van der Waals surface area contributed by atoms with Gasteiger partial charge in [0.05, 0.1) is 5.69 Å². The van der Waals surface area contributed by atoms with E-state index in [1.165, 1.54) is 6.33 Å². The van der Waals surface area contributed by atoms with Crippen LogP contribution in [0, 0.1) is 18.7 Å². The number of halogens is 1.